The van der Waals surface area contributed by atoms with Gasteiger partial charge in [-0.15, -0.1) is 0 Å². The first-order valence-corrected chi connectivity index (χ1v) is 12.9. The summed E-state index contributed by atoms with van der Waals surface area (Å²) in [6, 6.07) is 17.6. The highest BCUT2D eigenvalue weighted by molar-refractivity contribution is 5.93. The van der Waals surface area contributed by atoms with Gasteiger partial charge in [0.2, 0.25) is 0 Å². The van der Waals surface area contributed by atoms with Gasteiger partial charge in [0.05, 0.1) is 5.56 Å². The topological polar surface area (TPSA) is 102 Å². The van der Waals surface area contributed by atoms with Gasteiger partial charge < -0.3 is 25.4 Å². The number of carbonyl (C=O) groups excluding carboxylic acids is 2. The van der Waals surface area contributed by atoms with Crippen molar-refractivity contribution in [2.45, 2.75) is 45.6 Å². The van der Waals surface area contributed by atoms with Gasteiger partial charge >= 0.3 is 6.03 Å². The summed E-state index contributed by atoms with van der Waals surface area (Å²) in [6.07, 6.45) is 4.93. The minimum absolute atomic E-state index is 0.112. The van der Waals surface area contributed by atoms with Crippen LogP contribution in [0.4, 0.5) is 4.79 Å². The third kappa shape index (κ3) is 8.31. The number of aromatic nitrogens is 1. The molecule has 0 radical (unpaired) electrons. The fraction of sp³-hybridized carbons (Fsp3) is 0.367. The van der Waals surface area contributed by atoms with Crippen LogP contribution in [0.2, 0.25) is 0 Å². The maximum atomic E-state index is 12.3. The molecule has 0 saturated heterocycles. The average molecular weight is 519 g/mol. The summed E-state index contributed by atoms with van der Waals surface area (Å²) in [5.41, 5.74) is 4.50. The van der Waals surface area contributed by atoms with Crippen molar-refractivity contribution in [3.8, 4) is 16.9 Å². The van der Waals surface area contributed by atoms with E-state index in [1.54, 1.807) is 31.6 Å². The summed E-state index contributed by atoms with van der Waals surface area (Å²) in [5.74, 6) is 0.620. The number of carbonyl (C=O) groups is 2. The van der Waals surface area contributed by atoms with E-state index in [4.69, 9.17) is 9.47 Å². The van der Waals surface area contributed by atoms with Gasteiger partial charge in [-0.25, -0.2) is 4.79 Å². The predicted octanol–water partition coefficient (Wildman–Crippen LogP) is 5.04. The third-order valence-electron chi connectivity index (χ3n) is 6.31. The first-order valence-electron chi connectivity index (χ1n) is 12.9. The second-order valence-corrected chi connectivity index (χ2v) is 9.66. The summed E-state index contributed by atoms with van der Waals surface area (Å²) in [5, 5.41) is 8.58. The Bertz CT molecular complexity index is 1200. The van der Waals surface area contributed by atoms with Crippen LogP contribution >= 0.6 is 0 Å². The van der Waals surface area contributed by atoms with Crippen LogP contribution in [0.25, 0.3) is 11.1 Å². The Hall–Kier alpha value is -3.91. The summed E-state index contributed by atoms with van der Waals surface area (Å²) >= 11 is 0. The van der Waals surface area contributed by atoms with Crippen LogP contribution in [0.1, 0.15) is 55.1 Å². The molecule has 0 bridgehead atoms. The number of urea groups is 1. The molecule has 38 heavy (non-hydrogen) atoms. The van der Waals surface area contributed by atoms with Gasteiger partial charge in [-0.05, 0) is 66.1 Å². The van der Waals surface area contributed by atoms with Crippen LogP contribution in [-0.4, -0.2) is 43.9 Å². The molecular formula is C30H38N4O4. The summed E-state index contributed by atoms with van der Waals surface area (Å²) in [4.78, 5) is 28.1. The molecule has 1 aromatic heterocycles. The van der Waals surface area contributed by atoms with Crippen molar-refractivity contribution in [1.82, 2.24) is 20.9 Å². The molecule has 0 aliphatic rings. The van der Waals surface area contributed by atoms with Crippen molar-refractivity contribution < 1.29 is 19.1 Å². The van der Waals surface area contributed by atoms with E-state index in [0.717, 1.165) is 40.8 Å². The maximum Gasteiger partial charge on any atom is 0.315 e. The van der Waals surface area contributed by atoms with Crippen molar-refractivity contribution in [1.29, 1.82) is 0 Å². The monoisotopic (exact) mass is 518 g/mol. The Labute approximate surface area is 225 Å². The quantitative estimate of drug-likeness (QED) is 0.217. The lowest BCUT2D eigenvalue weighted by Crippen LogP contribution is -2.34. The number of rotatable bonds is 13. The smallest absolute Gasteiger partial charge is 0.315 e. The number of ether oxygens (including phenoxy) is 2. The zero-order valence-corrected chi connectivity index (χ0v) is 22.7. The third-order valence-corrected chi connectivity index (χ3v) is 6.31. The van der Waals surface area contributed by atoms with E-state index in [2.05, 4.69) is 59.0 Å². The Kier molecular flexibility index (Phi) is 10.7. The molecule has 0 atom stereocenters. The van der Waals surface area contributed by atoms with Crippen molar-refractivity contribution in [2.24, 2.45) is 0 Å². The van der Waals surface area contributed by atoms with Gasteiger partial charge in [0.15, 0.2) is 6.79 Å². The zero-order valence-electron chi connectivity index (χ0n) is 22.7. The first-order chi connectivity index (χ1) is 18.3. The Morgan fingerprint density at radius 1 is 1.00 bits per heavy atom. The fourth-order valence-corrected chi connectivity index (χ4v) is 4.15. The molecular weight excluding hydrogens is 480 g/mol. The highest BCUT2D eigenvalue weighted by atomic mass is 16.7. The summed E-state index contributed by atoms with van der Waals surface area (Å²) in [6.45, 7) is 7.99. The number of benzene rings is 2. The highest BCUT2D eigenvalue weighted by Crippen LogP contribution is 2.37. The van der Waals surface area contributed by atoms with Gasteiger partial charge in [0, 0.05) is 44.7 Å². The molecule has 3 amide bonds. The summed E-state index contributed by atoms with van der Waals surface area (Å²) in [7, 11) is 1.60. The lowest BCUT2D eigenvalue weighted by atomic mass is 9.80. The number of nitrogens with zero attached hydrogens (tertiary/aromatic N) is 1. The molecule has 8 nitrogen and oxygen atoms in total. The molecule has 0 unspecified atom stereocenters. The number of hydrogen-bond acceptors (Lipinski definition) is 5. The van der Waals surface area contributed by atoms with Crippen LogP contribution in [0.3, 0.4) is 0 Å². The fourth-order valence-electron chi connectivity index (χ4n) is 4.15. The van der Waals surface area contributed by atoms with Crippen molar-refractivity contribution >= 4 is 11.9 Å². The second-order valence-electron chi connectivity index (χ2n) is 9.66. The highest BCUT2D eigenvalue weighted by Gasteiger charge is 2.22. The lowest BCUT2D eigenvalue weighted by Gasteiger charge is -2.27. The maximum absolute atomic E-state index is 12.3. The number of methoxy groups -OCH3 is 1. The van der Waals surface area contributed by atoms with E-state index in [9.17, 15) is 9.59 Å². The second kappa shape index (κ2) is 14.1. The average Bonchev–Trinajstić information content (AvgIpc) is 2.93. The molecule has 0 aliphatic carbocycles. The van der Waals surface area contributed by atoms with Gasteiger partial charge in [0.1, 0.15) is 5.75 Å². The first kappa shape index (κ1) is 28.7. The standard InChI is InChI=1S/C30H38N4O4/c1-5-32-29(36)34-19-22-9-6-10-23(17-22)26-13-12-25(18-27(26)38-21-37-4)30(2,3)14-8-16-33-28(35)24-11-7-15-31-20-24/h6-7,9-13,15,17-18,20H,5,8,14,16,19,21H2,1-4H3,(H,33,35)(H2,32,34,36). The van der Waals surface area contributed by atoms with Crippen LogP contribution in [0, 0.1) is 0 Å². The number of amides is 3. The molecule has 3 aromatic rings. The van der Waals surface area contributed by atoms with E-state index < -0.39 is 0 Å². The number of pyridine rings is 1. The van der Waals surface area contributed by atoms with E-state index in [1.165, 1.54) is 0 Å². The van der Waals surface area contributed by atoms with Crippen LogP contribution in [-0.2, 0) is 16.7 Å². The summed E-state index contributed by atoms with van der Waals surface area (Å²) < 4.78 is 11.2. The van der Waals surface area contributed by atoms with Crippen molar-refractivity contribution in [3.05, 3.63) is 83.7 Å². The van der Waals surface area contributed by atoms with Crippen LogP contribution in [0.5, 0.6) is 5.75 Å². The molecule has 202 valence electrons. The minimum Gasteiger partial charge on any atom is -0.467 e. The number of hydrogen-bond donors (Lipinski definition) is 3. The Morgan fingerprint density at radius 2 is 1.84 bits per heavy atom. The zero-order chi connectivity index (χ0) is 27.4. The molecule has 0 aliphatic heterocycles. The molecule has 8 heteroatoms. The predicted molar refractivity (Wildman–Crippen MR) is 149 cm³/mol. The van der Waals surface area contributed by atoms with Gasteiger partial charge in [0.25, 0.3) is 5.91 Å². The van der Waals surface area contributed by atoms with Gasteiger partial charge in [-0.1, -0.05) is 44.2 Å². The molecule has 0 spiro atoms. The van der Waals surface area contributed by atoms with Crippen molar-refractivity contribution in [2.75, 3.05) is 27.0 Å². The minimum atomic E-state index is -0.190. The molecule has 3 rings (SSSR count). The van der Waals surface area contributed by atoms with Gasteiger partial charge in [-0.3, -0.25) is 9.78 Å². The molecule has 0 fully saturated rings. The number of nitrogens with one attached hydrogen (secondary N) is 3. The molecule has 0 saturated carbocycles. The molecule has 2 aromatic carbocycles. The Balaban J connectivity index is 1.70. The van der Waals surface area contributed by atoms with E-state index in [-0.39, 0.29) is 24.1 Å². The van der Waals surface area contributed by atoms with Gasteiger partial charge in [-0.2, -0.15) is 0 Å². The molecule has 1 heterocycles. The lowest BCUT2D eigenvalue weighted by molar-refractivity contribution is 0.0514. The normalized spacial score (nSPS) is 11.1. The SMILES string of the molecule is CCNC(=O)NCc1cccc(-c2ccc(C(C)(C)CCCNC(=O)c3cccnc3)cc2OCOC)c1. The molecule has 3 N–H and O–H groups in total. The van der Waals surface area contributed by atoms with E-state index in [0.29, 0.717) is 25.2 Å². The van der Waals surface area contributed by atoms with Crippen molar-refractivity contribution in [3.63, 3.8) is 0 Å². The Morgan fingerprint density at radius 3 is 2.58 bits per heavy atom. The van der Waals surface area contributed by atoms with Crippen LogP contribution < -0.4 is 20.7 Å². The largest absolute Gasteiger partial charge is 0.467 e. The van der Waals surface area contributed by atoms with Crippen LogP contribution in [0.15, 0.2) is 67.0 Å². The van der Waals surface area contributed by atoms with E-state index in [1.807, 2.05) is 25.1 Å². The van der Waals surface area contributed by atoms with E-state index >= 15 is 0 Å².